The van der Waals surface area contributed by atoms with Gasteiger partial charge >= 0.3 is 7.82 Å². The Kier molecular flexibility index (Phi) is 7.84. The molecule has 0 spiro atoms. The fourth-order valence-corrected chi connectivity index (χ4v) is 2.83. The van der Waals surface area contributed by atoms with Gasteiger partial charge in [0.05, 0.1) is 30.4 Å². The van der Waals surface area contributed by atoms with E-state index in [-0.39, 0.29) is 6.04 Å². The lowest BCUT2D eigenvalue weighted by Gasteiger charge is -2.13. The summed E-state index contributed by atoms with van der Waals surface area (Å²) in [5.41, 5.74) is 2.64. The van der Waals surface area contributed by atoms with Crippen LogP contribution in [0.2, 0.25) is 0 Å². The largest absolute Gasteiger partial charge is 0.466 e. The number of hydrogen-bond donors (Lipinski definition) is 4. The molecule has 0 aliphatic rings. The molecule has 150 valence electrons. The van der Waals surface area contributed by atoms with Gasteiger partial charge in [-0.15, -0.1) is 0 Å². The third-order valence-corrected chi connectivity index (χ3v) is 4.07. The lowest BCUT2D eigenvalue weighted by molar-refractivity contribution is 0.275. The average Bonchev–Trinajstić information content (AvgIpc) is 3.29. The van der Waals surface area contributed by atoms with Crippen molar-refractivity contribution in [3.63, 3.8) is 0 Å². The molecule has 3 aromatic rings. The van der Waals surface area contributed by atoms with E-state index in [4.69, 9.17) is 24.5 Å². The van der Waals surface area contributed by atoms with Crippen LogP contribution < -0.4 is 0 Å². The molecule has 0 amide bonds. The fourth-order valence-electron chi connectivity index (χ4n) is 2.83. The predicted molar refractivity (Wildman–Crippen MR) is 103 cm³/mol. The van der Waals surface area contributed by atoms with Crippen LogP contribution in [0.4, 0.5) is 0 Å². The van der Waals surface area contributed by atoms with Crippen LogP contribution >= 0.6 is 7.82 Å². The molecule has 3 heterocycles. The number of aromatic nitrogens is 5. The van der Waals surface area contributed by atoms with Crippen LogP contribution in [0.5, 0.6) is 0 Å². The molecule has 0 saturated carbocycles. The third kappa shape index (κ3) is 6.55. The van der Waals surface area contributed by atoms with E-state index in [1.54, 1.807) is 6.33 Å². The molecular formula is C17H23N6O4P. The molecule has 0 aliphatic carbocycles. The number of nitriles is 1. The maximum absolute atomic E-state index is 9.08. The number of H-pyrrole nitrogens is 1. The number of fused-ring (bicyclic) bond motifs is 1. The van der Waals surface area contributed by atoms with Crippen molar-refractivity contribution in [2.45, 2.75) is 45.1 Å². The monoisotopic (exact) mass is 406 g/mol. The second-order valence-electron chi connectivity index (χ2n) is 6.20. The zero-order chi connectivity index (χ0) is 20.6. The Balaban J connectivity index is 0.000000500. The van der Waals surface area contributed by atoms with Crippen molar-refractivity contribution in [1.29, 1.82) is 5.26 Å². The maximum Gasteiger partial charge on any atom is 0.466 e. The van der Waals surface area contributed by atoms with Gasteiger partial charge in [-0.25, -0.2) is 14.5 Å². The van der Waals surface area contributed by atoms with Crippen LogP contribution in [0.15, 0.2) is 31.0 Å². The lowest BCUT2D eigenvalue weighted by atomic mass is 10.1. The molecule has 10 nitrogen and oxygen atoms in total. The first-order valence-electron chi connectivity index (χ1n) is 8.81. The highest BCUT2D eigenvalue weighted by Crippen LogP contribution is 2.27. The lowest BCUT2D eigenvalue weighted by Crippen LogP contribution is -2.09. The highest BCUT2D eigenvalue weighted by atomic mass is 31.2. The molecule has 3 aromatic heterocycles. The zero-order valence-electron chi connectivity index (χ0n) is 15.4. The highest BCUT2D eigenvalue weighted by Gasteiger charge is 2.14. The van der Waals surface area contributed by atoms with Crippen LogP contribution in [-0.4, -0.2) is 39.4 Å². The molecule has 1 atom stereocenters. The molecule has 0 saturated heterocycles. The minimum Gasteiger partial charge on any atom is -0.346 e. The van der Waals surface area contributed by atoms with Crippen molar-refractivity contribution < 1.29 is 19.2 Å². The second kappa shape index (κ2) is 10.1. The van der Waals surface area contributed by atoms with Gasteiger partial charge in [0, 0.05) is 23.3 Å². The molecule has 0 unspecified atom stereocenters. The Morgan fingerprint density at radius 2 is 2.07 bits per heavy atom. The van der Waals surface area contributed by atoms with Crippen LogP contribution in [0.1, 0.15) is 45.1 Å². The summed E-state index contributed by atoms with van der Waals surface area (Å²) in [4.78, 5) is 33.3. The normalized spacial score (nSPS) is 12.2. The standard InChI is InChI=1S/C17H20N6.H3O4P/c1-2-3-4-5-14(6-8-18)23-11-13(10-22-23)16-15-7-9-19-17(15)21-12-20-16;1-5(2,3)4/h7,9-12,14H,2-6H2,1H3,(H,19,20,21);(H3,1,2,3,4)/t14-;/m1./s1. The van der Waals surface area contributed by atoms with Gasteiger partial charge < -0.3 is 19.7 Å². The summed E-state index contributed by atoms with van der Waals surface area (Å²) in [6, 6.07) is 4.37. The number of rotatable bonds is 7. The average molecular weight is 406 g/mol. The van der Waals surface area contributed by atoms with Crippen LogP contribution in [0.25, 0.3) is 22.3 Å². The molecule has 0 aliphatic heterocycles. The number of aromatic amines is 1. The molecule has 3 rings (SSSR count). The van der Waals surface area contributed by atoms with Gasteiger partial charge in [0.15, 0.2) is 0 Å². The fraction of sp³-hybridized carbons (Fsp3) is 0.412. The van der Waals surface area contributed by atoms with Gasteiger partial charge in [0.25, 0.3) is 0 Å². The number of unbranched alkanes of at least 4 members (excludes halogenated alkanes) is 2. The van der Waals surface area contributed by atoms with Gasteiger partial charge in [0.2, 0.25) is 0 Å². The first-order chi connectivity index (χ1) is 13.3. The van der Waals surface area contributed by atoms with Crippen LogP contribution in [0.3, 0.4) is 0 Å². The number of phosphoric acid groups is 1. The Morgan fingerprint density at radius 3 is 2.75 bits per heavy atom. The molecule has 0 aromatic carbocycles. The predicted octanol–water partition coefficient (Wildman–Crippen LogP) is 2.93. The van der Waals surface area contributed by atoms with E-state index in [1.165, 1.54) is 12.8 Å². The van der Waals surface area contributed by atoms with E-state index in [0.29, 0.717) is 6.42 Å². The maximum atomic E-state index is 9.08. The van der Waals surface area contributed by atoms with E-state index in [9.17, 15) is 0 Å². The first-order valence-corrected chi connectivity index (χ1v) is 10.4. The molecule has 4 N–H and O–H groups in total. The van der Waals surface area contributed by atoms with E-state index in [0.717, 1.165) is 35.1 Å². The summed E-state index contributed by atoms with van der Waals surface area (Å²) in [6.45, 7) is 2.18. The van der Waals surface area contributed by atoms with Gasteiger partial charge in [-0.3, -0.25) is 4.68 Å². The molecule has 0 radical (unpaired) electrons. The molecular weight excluding hydrogens is 383 g/mol. The summed E-state index contributed by atoms with van der Waals surface area (Å²) < 4.78 is 10.8. The third-order valence-electron chi connectivity index (χ3n) is 4.07. The molecule has 28 heavy (non-hydrogen) atoms. The summed E-state index contributed by atoms with van der Waals surface area (Å²) in [5.74, 6) is 0. The van der Waals surface area contributed by atoms with Crippen molar-refractivity contribution in [1.82, 2.24) is 24.7 Å². The second-order valence-corrected chi connectivity index (χ2v) is 7.22. The first kappa shape index (κ1) is 21.7. The number of nitrogens with one attached hydrogen (secondary N) is 1. The summed E-state index contributed by atoms with van der Waals surface area (Å²) >= 11 is 0. The molecule has 0 bridgehead atoms. The van der Waals surface area contributed by atoms with Crippen LogP contribution in [0, 0.1) is 11.3 Å². The smallest absolute Gasteiger partial charge is 0.346 e. The zero-order valence-corrected chi connectivity index (χ0v) is 16.3. The topological polar surface area (TPSA) is 161 Å². The SMILES string of the molecule is CCCCC[C@H](CC#N)n1cc(-c2ncnc3[nH]ccc23)cn1.O=P(O)(O)O. The van der Waals surface area contributed by atoms with Crippen molar-refractivity contribution in [2.24, 2.45) is 0 Å². The summed E-state index contributed by atoms with van der Waals surface area (Å²) in [6.07, 6.45) is 12.2. The van der Waals surface area contributed by atoms with Crippen molar-refractivity contribution in [3.05, 3.63) is 31.0 Å². The Hall–Kier alpha value is -2.57. The van der Waals surface area contributed by atoms with Gasteiger partial charge in [-0.05, 0) is 12.5 Å². The Morgan fingerprint density at radius 1 is 1.32 bits per heavy atom. The minimum atomic E-state index is -4.64. The number of hydrogen-bond acceptors (Lipinski definition) is 5. The molecule has 11 heteroatoms. The van der Waals surface area contributed by atoms with Crippen molar-refractivity contribution >= 4 is 18.9 Å². The van der Waals surface area contributed by atoms with E-state index < -0.39 is 7.82 Å². The summed E-state index contributed by atoms with van der Waals surface area (Å²) in [5, 5.41) is 14.5. The van der Waals surface area contributed by atoms with Gasteiger partial charge in [0.1, 0.15) is 12.0 Å². The van der Waals surface area contributed by atoms with Crippen LogP contribution in [-0.2, 0) is 4.57 Å². The minimum absolute atomic E-state index is 0.129. The highest BCUT2D eigenvalue weighted by molar-refractivity contribution is 7.45. The Bertz CT molecular complexity index is 965. The number of nitrogens with zero attached hydrogens (tertiary/aromatic N) is 5. The van der Waals surface area contributed by atoms with Crippen molar-refractivity contribution in [3.8, 4) is 17.3 Å². The van der Waals surface area contributed by atoms with Crippen molar-refractivity contribution in [2.75, 3.05) is 0 Å². The quantitative estimate of drug-likeness (QED) is 0.344. The van der Waals surface area contributed by atoms with E-state index in [1.807, 2.05) is 29.3 Å². The summed E-state index contributed by atoms with van der Waals surface area (Å²) in [7, 11) is -4.64. The molecule has 0 fully saturated rings. The van der Waals surface area contributed by atoms with E-state index >= 15 is 0 Å². The van der Waals surface area contributed by atoms with E-state index in [2.05, 4.69) is 33.0 Å². The Labute approximate surface area is 162 Å². The van der Waals surface area contributed by atoms with Gasteiger partial charge in [-0.2, -0.15) is 10.4 Å². The van der Waals surface area contributed by atoms with Gasteiger partial charge in [-0.1, -0.05) is 26.2 Å².